The van der Waals surface area contributed by atoms with Crippen LogP contribution in [0.25, 0.3) is 0 Å². The van der Waals surface area contributed by atoms with Crippen molar-refractivity contribution in [3.8, 4) is 17.2 Å². The van der Waals surface area contributed by atoms with Gasteiger partial charge in [-0.15, -0.1) is 22.9 Å². The largest absolute Gasteiger partial charge is 0.496 e. The topological polar surface area (TPSA) is 27.7 Å². The summed E-state index contributed by atoms with van der Waals surface area (Å²) in [6.07, 6.45) is 0. The Labute approximate surface area is 134 Å². The van der Waals surface area contributed by atoms with E-state index in [2.05, 4.69) is 19.9 Å². The van der Waals surface area contributed by atoms with Crippen LogP contribution in [0.15, 0.2) is 18.2 Å². The van der Waals surface area contributed by atoms with Crippen LogP contribution in [0.4, 0.5) is 0 Å². The van der Waals surface area contributed by atoms with Gasteiger partial charge >= 0.3 is 0 Å². The van der Waals surface area contributed by atoms with E-state index in [-0.39, 0.29) is 5.38 Å². The van der Waals surface area contributed by atoms with Crippen molar-refractivity contribution in [2.75, 3.05) is 21.3 Å². The zero-order valence-corrected chi connectivity index (χ0v) is 14.4. The lowest BCUT2D eigenvalue weighted by atomic mass is 10.1. The number of aryl methyl sites for hydroxylation is 2. The summed E-state index contributed by atoms with van der Waals surface area (Å²) in [5.41, 5.74) is 2.07. The summed E-state index contributed by atoms with van der Waals surface area (Å²) in [5.74, 6) is 2.00. The molecule has 0 aliphatic carbocycles. The van der Waals surface area contributed by atoms with Crippen molar-refractivity contribution < 1.29 is 14.2 Å². The lowest BCUT2D eigenvalue weighted by molar-refractivity contribution is 0.369. The highest BCUT2D eigenvalue weighted by Gasteiger charge is 2.24. The fourth-order valence-electron chi connectivity index (χ4n) is 2.15. The highest BCUT2D eigenvalue weighted by molar-refractivity contribution is 7.12. The molecule has 1 unspecified atom stereocenters. The third-order valence-electron chi connectivity index (χ3n) is 3.44. The monoisotopic (exact) mass is 326 g/mol. The molecular formula is C16H19ClO3S. The molecular weight excluding hydrogens is 308 g/mol. The van der Waals surface area contributed by atoms with Crippen molar-refractivity contribution in [2.24, 2.45) is 0 Å². The first-order valence-electron chi connectivity index (χ1n) is 6.52. The maximum Gasteiger partial charge on any atom is 0.131 e. The number of rotatable bonds is 5. The van der Waals surface area contributed by atoms with Crippen LogP contribution in [0.2, 0.25) is 0 Å². The van der Waals surface area contributed by atoms with Gasteiger partial charge in [0, 0.05) is 21.9 Å². The first-order chi connectivity index (χ1) is 10.0. The average Bonchev–Trinajstić information content (AvgIpc) is 2.84. The van der Waals surface area contributed by atoms with Crippen molar-refractivity contribution >= 4 is 22.9 Å². The minimum absolute atomic E-state index is 0.321. The standard InChI is InChI=1S/C16H19ClO3S/c1-9-6-14(21-10(9)2)16(17)15-12(19-4)7-11(18-3)8-13(15)20-5/h6-8,16H,1-5H3. The molecule has 0 saturated heterocycles. The molecule has 5 heteroatoms. The molecule has 0 fully saturated rings. The number of methoxy groups -OCH3 is 3. The zero-order valence-electron chi connectivity index (χ0n) is 12.8. The van der Waals surface area contributed by atoms with Crippen LogP contribution in [0.3, 0.4) is 0 Å². The zero-order chi connectivity index (χ0) is 15.6. The van der Waals surface area contributed by atoms with Crippen LogP contribution in [0.1, 0.15) is 26.3 Å². The molecule has 0 N–H and O–H groups in total. The van der Waals surface area contributed by atoms with Gasteiger partial charge < -0.3 is 14.2 Å². The summed E-state index contributed by atoms with van der Waals surface area (Å²) in [7, 11) is 4.84. The SMILES string of the molecule is COc1cc(OC)c(C(Cl)c2cc(C)c(C)s2)c(OC)c1. The molecule has 3 nitrogen and oxygen atoms in total. The van der Waals surface area contributed by atoms with Gasteiger partial charge in [-0.05, 0) is 25.5 Å². The molecule has 0 radical (unpaired) electrons. The second-order valence-corrected chi connectivity index (χ2v) is 6.42. The van der Waals surface area contributed by atoms with Crippen LogP contribution in [-0.2, 0) is 0 Å². The molecule has 0 bridgehead atoms. The van der Waals surface area contributed by atoms with E-state index in [9.17, 15) is 0 Å². The Morgan fingerprint density at radius 3 is 1.90 bits per heavy atom. The highest BCUT2D eigenvalue weighted by Crippen LogP contribution is 2.45. The normalized spacial score (nSPS) is 12.1. The van der Waals surface area contributed by atoms with E-state index >= 15 is 0 Å². The van der Waals surface area contributed by atoms with Gasteiger partial charge in [-0.2, -0.15) is 0 Å². The van der Waals surface area contributed by atoms with Crippen LogP contribution in [-0.4, -0.2) is 21.3 Å². The first-order valence-corrected chi connectivity index (χ1v) is 7.78. The quantitative estimate of drug-likeness (QED) is 0.744. The minimum Gasteiger partial charge on any atom is -0.496 e. The van der Waals surface area contributed by atoms with E-state index in [0.29, 0.717) is 17.2 Å². The van der Waals surface area contributed by atoms with Gasteiger partial charge in [0.05, 0.1) is 26.9 Å². The summed E-state index contributed by atoms with van der Waals surface area (Å²) >= 11 is 8.38. The number of thiophene rings is 1. The van der Waals surface area contributed by atoms with Crippen molar-refractivity contribution in [3.63, 3.8) is 0 Å². The predicted molar refractivity (Wildman–Crippen MR) is 87.6 cm³/mol. The highest BCUT2D eigenvalue weighted by atomic mass is 35.5. The number of alkyl halides is 1. The predicted octanol–water partition coefficient (Wildman–Crippen LogP) is 4.72. The number of hydrogen-bond donors (Lipinski definition) is 0. The van der Waals surface area contributed by atoms with E-state index in [4.69, 9.17) is 25.8 Å². The van der Waals surface area contributed by atoms with Crippen LogP contribution < -0.4 is 14.2 Å². The maximum atomic E-state index is 6.69. The summed E-state index contributed by atoms with van der Waals surface area (Å²) in [5, 5.41) is -0.321. The fourth-order valence-corrected chi connectivity index (χ4v) is 3.59. The van der Waals surface area contributed by atoms with E-state index in [1.807, 2.05) is 12.1 Å². The molecule has 0 spiro atoms. The van der Waals surface area contributed by atoms with Gasteiger partial charge in [-0.25, -0.2) is 0 Å². The molecule has 21 heavy (non-hydrogen) atoms. The van der Waals surface area contributed by atoms with E-state index in [1.165, 1.54) is 10.4 Å². The van der Waals surface area contributed by atoms with Crippen LogP contribution in [0.5, 0.6) is 17.2 Å². The smallest absolute Gasteiger partial charge is 0.131 e. The van der Waals surface area contributed by atoms with Gasteiger partial charge in [0.1, 0.15) is 22.6 Å². The van der Waals surface area contributed by atoms with Gasteiger partial charge in [0.15, 0.2) is 0 Å². The second kappa shape index (κ2) is 6.58. The molecule has 0 saturated carbocycles. The van der Waals surface area contributed by atoms with Gasteiger partial charge in [-0.1, -0.05) is 0 Å². The van der Waals surface area contributed by atoms with Crippen LogP contribution >= 0.6 is 22.9 Å². The Hall–Kier alpha value is -1.39. The molecule has 0 aliphatic rings. The summed E-state index contributed by atoms with van der Waals surface area (Å²) in [6, 6.07) is 5.75. The molecule has 2 rings (SSSR count). The molecule has 114 valence electrons. The minimum atomic E-state index is -0.321. The summed E-state index contributed by atoms with van der Waals surface area (Å²) in [6.45, 7) is 4.18. The third kappa shape index (κ3) is 3.11. The lowest BCUT2D eigenvalue weighted by Crippen LogP contribution is -2.01. The summed E-state index contributed by atoms with van der Waals surface area (Å²) < 4.78 is 16.2. The van der Waals surface area contributed by atoms with E-state index in [0.717, 1.165) is 10.4 Å². The molecule has 1 aromatic carbocycles. The molecule has 1 atom stereocenters. The molecule has 1 aromatic heterocycles. The van der Waals surface area contributed by atoms with Crippen molar-refractivity contribution in [1.29, 1.82) is 0 Å². The van der Waals surface area contributed by atoms with Gasteiger partial charge in [0.2, 0.25) is 0 Å². The molecule has 0 aliphatic heterocycles. The van der Waals surface area contributed by atoms with Crippen molar-refractivity contribution in [2.45, 2.75) is 19.2 Å². The van der Waals surface area contributed by atoms with Crippen LogP contribution in [0, 0.1) is 13.8 Å². The van der Waals surface area contributed by atoms with E-state index in [1.54, 1.807) is 32.7 Å². The molecule has 0 amide bonds. The van der Waals surface area contributed by atoms with E-state index < -0.39 is 0 Å². The maximum absolute atomic E-state index is 6.69. The summed E-state index contributed by atoms with van der Waals surface area (Å²) in [4.78, 5) is 2.34. The first kappa shape index (κ1) is 16.0. The number of hydrogen-bond acceptors (Lipinski definition) is 4. The Morgan fingerprint density at radius 2 is 1.52 bits per heavy atom. The third-order valence-corrected chi connectivity index (χ3v) is 5.24. The fraction of sp³-hybridized carbons (Fsp3) is 0.375. The lowest BCUT2D eigenvalue weighted by Gasteiger charge is -2.18. The number of halogens is 1. The molecule has 1 heterocycles. The Kier molecular flexibility index (Phi) is 5.01. The Morgan fingerprint density at radius 1 is 0.952 bits per heavy atom. The molecule has 2 aromatic rings. The Balaban J connectivity index is 2.55. The van der Waals surface area contributed by atoms with Crippen molar-refractivity contribution in [1.82, 2.24) is 0 Å². The number of benzene rings is 1. The van der Waals surface area contributed by atoms with Gasteiger partial charge in [0.25, 0.3) is 0 Å². The van der Waals surface area contributed by atoms with Gasteiger partial charge in [-0.3, -0.25) is 0 Å². The van der Waals surface area contributed by atoms with Crippen molar-refractivity contribution in [3.05, 3.63) is 39.1 Å². The number of ether oxygens (including phenoxy) is 3. The average molecular weight is 327 g/mol. The Bertz CT molecular complexity index is 592. The second-order valence-electron chi connectivity index (χ2n) is 4.70.